The molecule has 4 heterocycles. The van der Waals surface area contributed by atoms with Crippen LogP contribution >= 0.6 is 34.4 Å². The van der Waals surface area contributed by atoms with Crippen LogP contribution < -0.4 is 5.32 Å². The Hall–Kier alpha value is -1.20. The highest BCUT2D eigenvalue weighted by Crippen LogP contribution is 2.44. The second kappa shape index (κ2) is 7.32. The summed E-state index contributed by atoms with van der Waals surface area (Å²) in [7, 11) is -3.50. The maximum Gasteiger partial charge on any atom is 0.252 e. The van der Waals surface area contributed by atoms with Gasteiger partial charge in [-0.15, -0.1) is 34.4 Å². The van der Waals surface area contributed by atoms with E-state index < -0.39 is 10.0 Å². The predicted octanol–water partition coefficient (Wildman–Crippen LogP) is 2.93. The van der Waals surface area contributed by atoms with Crippen LogP contribution in [0.1, 0.15) is 11.4 Å². The summed E-state index contributed by atoms with van der Waals surface area (Å²) in [5.41, 5.74) is 0.832. The maximum atomic E-state index is 13.0. The number of thiazole rings is 1. The molecule has 2 saturated heterocycles. The molecular formula is C17H19N3O3S4. The lowest BCUT2D eigenvalue weighted by Crippen LogP contribution is -2.33. The lowest BCUT2D eigenvalue weighted by Gasteiger charge is -2.18. The van der Waals surface area contributed by atoms with Crippen molar-refractivity contribution in [2.24, 2.45) is 5.92 Å². The van der Waals surface area contributed by atoms with Crippen LogP contribution in [0.5, 0.6) is 0 Å². The van der Waals surface area contributed by atoms with Gasteiger partial charge in [0.25, 0.3) is 10.0 Å². The SMILES string of the molecule is C=CC(=O)NC1CC2CN(S(=O)(=O)c3ccc(-c4csc(C)n4)s3)CC2S1. The molecule has 3 unspecified atom stereocenters. The number of amides is 1. The summed E-state index contributed by atoms with van der Waals surface area (Å²) in [6, 6.07) is 3.51. The number of fused-ring (bicyclic) bond motifs is 1. The van der Waals surface area contributed by atoms with Gasteiger partial charge in [0, 0.05) is 23.7 Å². The summed E-state index contributed by atoms with van der Waals surface area (Å²) in [4.78, 5) is 16.8. The molecule has 1 amide bonds. The zero-order valence-electron chi connectivity index (χ0n) is 14.6. The van der Waals surface area contributed by atoms with Crippen molar-refractivity contribution in [2.45, 2.75) is 28.2 Å². The van der Waals surface area contributed by atoms with E-state index in [1.165, 1.54) is 17.4 Å². The van der Waals surface area contributed by atoms with E-state index >= 15 is 0 Å². The maximum absolute atomic E-state index is 13.0. The Morgan fingerprint density at radius 3 is 2.89 bits per heavy atom. The van der Waals surface area contributed by atoms with Crippen LogP contribution in [0.25, 0.3) is 10.6 Å². The first-order chi connectivity index (χ1) is 12.9. The molecule has 2 aromatic heterocycles. The highest BCUT2D eigenvalue weighted by atomic mass is 32.2. The van der Waals surface area contributed by atoms with Gasteiger partial charge in [-0.05, 0) is 37.5 Å². The number of carbonyl (C=O) groups is 1. The van der Waals surface area contributed by atoms with Crippen LogP contribution in [0.15, 0.2) is 34.4 Å². The molecule has 0 aromatic carbocycles. The minimum Gasteiger partial charge on any atom is -0.341 e. The molecule has 6 nitrogen and oxygen atoms in total. The van der Waals surface area contributed by atoms with E-state index in [0.29, 0.717) is 17.3 Å². The van der Waals surface area contributed by atoms with Crippen molar-refractivity contribution in [3.8, 4) is 10.6 Å². The molecule has 4 rings (SSSR count). The summed E-state index contributed by atoms with van der Waals surface area (Å²) >= 11 is 4.48. The summed E-state index contributed by atoms with van der Waals surface area (Å²) in [6.45, 7) is 6.39. The Balaban J connectivity index is 1.45. The first-order valence-corrected chi connectivity index (χ1v) is 12.6. The largest absolute Gasteiger partial charge is 0.341 e. The number of hydrogen-bond donors (Lipinski definition) is 1. The summed E-state index contributed by atoms with van der Waals surface area (Å²) < 4.78 is 28.0. The first kappa shape index (κ1) is 19.1. The number of aromatic nitrogens is 1. The lowest BCUT2D eigenvalue weighted by atomic mass is 10.1. The summed E-state index contributed by atoms with van der Waals surface area (Å²) in [5.74, 6) is 0.0841. The van der Waals surface area contributed by atoms with Crippen molar-refractivity contribution in [1.29, 1.82) is 0 Å². The lowest BCUT2D eigenvalue weighted by molar-refractivity contribution is -0.116. The standard InChI is InChI=1S/C17H19N3O3S4/c1-3-15(21)19-16-6-11-7-20(8-14(11)25-16)27(22,23)17-5-4-13(26-17)12-9-24-10(2)18-12/h3-5,9,11,14,16H,1,6-8H2,2H3,(H,19,21). The minimum atomic E-state index is -3.50. The molecule has 2 aliphatic rings. The van der Waals surface area contributed by atoms with Gasteiger partial charge in [0.1, 0.15) is 4.21 Å². The van der Waals surface area contributed by atoms with Gasteiger partial charge in [0.05, 0.1) is 21.0 Å². The van der Waals surface area contributed by atoms with Gasteiger partial charge >= 0.3 is 0 Å². The second-order valence-corrected chi connectivity index (χ2v) is 12.3. The normalized spacial score (nSPS) is 25.4. The number of hydrogen-bond acceptors (Lipinski definition) is 7. The molecule has 1 N–H and O–H groups in total. The number of nitrogens with one attached hydrogen (secondary N) is 1. The van der Waals surface area contributed by atoms with Crippen molar-refractivity contribution in [3.63, 3.8) is 0 Å². The molecule has 0 radical (unpaired) electrons. The molecular weight excluding hydrogens is 422 g/mol. The molecule has 0 spiro atoms. The molecule has 2 aliphatic heterocycles. The van der Waals surface area contributed by atoms with E-state index in [2.05, 4.69) is 16.9 Å². The second-order valence-electron chi connectivity index (χ2n) is 6.56. The number of nitrogens with zero attached hydrogens (tertiary/aromatic N) is 2. The van der Waals surface area contributed by atoms with Crippen molar-refractivity contribution in [2.75, 3.05) is 13.1 Å². The van der Waals surface area contributed by atoms with Crippen LogP contribution in [0.3, 0.4) is 0 Å². The minimum absolute atomic E-state index is 0.0385. The topological polar surface area (TPSA) is 79.4 Å². The van der Waals surface area contributed by atoms with Gasteiger partial charge < -0.3 is 5.32 Å². The molecule has 27 heavy (non-hydrogen) atoms. The number of carbonyl (C=O) groups excluding carboxylic acids is 1. The van der Waals surface area contributed by atoms with Crippen molar-refractivity contribution < 1.29 is 13.2 Å². The highest BCUT2D eigenvalue weighted by molar-refractivity contribution is 8.00. The summed E-state index contributed by atoms with van der Waals surface area (Å²) in [5, 5.41) is 6.07. The van der Waals surface area contributed by atoms with Crippen LogP contribution in [0.2, 0.25) is 0 Å². The Labute approximate surface area is 170 Å². The number of thioether (sulfide) groups is 1. The zero-order chi connectivity index (χ0) is 19.2. The average Bonchev–Trinajstić information content (AvgIpc) is 3.36. The van der Waals surface area contributed by atoms with Gasteiger partial charge in [0.15, 0.2) is 0 Å². The Morgan fingerprint density at radius 1 is 1.41 bits per heavy atom. The van der Waals surface area contributed by atoms with E-state index in [1.54, 1.807) is 33.5 Å². The molecule has 0 aliphatic carbocycles. The van der Waals surface area contributed by atoms with E-state index in [-0.39, 0.29) is 22.4 Å². The van der Waals surface area contributed by atoms with Crippen molar-refractivity contribution in [3.05, 3.63) is 35.2 Å². The van der Waals surface area contributed by atoms with Gasteiger partial charge in [0.2, 0.25) is 5.91 Å². The Kier molecular flexibility index (Phi) is 5.19. The monoisotopic (exact) mass is 441 g/mol. The van der Waals surface area contributed by atoms with Crippen LogP contribution in [0.4, 0.5) is 0 Å². The van der Waals surface area contributed by atoms with Crippen LogP contribution in [0, 0.1) is 12.8 Å². The number of thiophene rings is 1. The first-order valence-electron chi connectivity index (χ1n) is 8.47. The van der Waals surface area contributed by atoms with Crippen LogP contribution in [-0.4, -0.2) is 47.3 Å². The predicted molar refractivity (Wildman–Crippen MR) is 111 cm³/mol. The third kappa shape index (κ3) is 3.73. The fraction of sp³-hybridized carbons (Fsp3) is 0.412. The fourth-order valence-electron chi connectivity index (χ4n) is 3.43. The third-order valence-electron chi connectivity index (χ3n) is 4.74. The smallest absolute Gasteiger partial charge is 0.252 e. The van der Waals surface area contributed by atoms with Gasteiger partial charge in [-0.1, -0.05) is 6.58 Å². The Bertz CT molecular complexity index is 967. The zero-order valence-corrected chi connectivity index (χ0v) is 17.9. The van der Waals surface area contributed by atoms with Crippen LogP contribution in [-0.2, 0) is 14.8 Å². The van der Waals surface area contributed by atoms with Gasteiger partial charge in [-0.2, -0.15) is 4.31 Å². The van der Waals surface area contributed by atoms with Crippen molar-refractivity contribution in [1.82, 2.24) is 14.6 Å². The van der Waals surface area contributed by atoms with E-state index in [1.807, 2.05) is 18.4 Å². The molecule has 2 fully saturated rings. The van der Waals surface area contributed by atoms with Gasteiger partial charge in [-0.3, -0.25) is 4.79 Å². The van der Waals surface area contributed by atoms with Gasteiger partial charge in [-0.25, -0.2) is 13.4 Å². The van der Waals surface area contributed by atoms with E-state index in [0.717, 1.165) is 22.0 Å². The molecule has 0 bridgehead atoms. The molecule has 144 valence electrons. The third-order valence-corrected chi connectivity index (χ3v) is 10.4. The fourth-order valence-corrected chi connectivity index (χ4v) is 8.81. The Morgan fingerprint density at radius 2 is 2.22 bits per heavy atom. The number of aryl methyl sites for hydroxylation is 1. The average molecular weight is 442 g/mol. The molecule has 3 atom stereocenters. The molecule has 10 heteroatoms. The van der Waals surface area contributed by atoms with E-state index in [4.69, 9.17) is 0 Å². The molecule has 2 aromatic rings. The quantitative estimate of drug-likeness (QED) is 0.722. The van der Waals surface area contributed by atoms with E-state index in [9.17, 15) is 13.2 Å². The number of sulfonamides is 1. The van der Waals surface area contributed by atoms with Crippen molar-refractivity contribution >= 4 is 50.4 Å². The highest BCUT2D eigenvalue weighted by Gasteiger charge is 2.46. The molecule has 0 saturated carbocycles. The summed E-state index contributed by atoms with van der Waals surface area (Å²) in [6.07, 6.45) is 2.05. The number of rotatable bonds is 5.